The lowest BCUT2D eigenvalue weighted by Crippen LogP contribution is -2.38. The quantitative estimate of drug-likeness (QED) is 0.794. The van der Waals surface area contributed by atoms with Crippen LogP contribution >= 0.6 is 22.9 Å². The van der Waals surface area contributed by atoms with Gasteiger partial charge in [0, 0.05) is 27.9 Å². The number of aryl methyl sites for hydroxylation is 1. The number of thiophene rings is 1. The summed E-state index contributed by atoms with van der Waals surface area (Å²) in [5.41, 5.74) is 2.13. The molecule has 0 aliphatic carbocycles. The maximum absolute atomic E-state index is 12.4. The maximum Gasteiger partial charge on any atom is 0.327 e. The van der Waals surface area contributed by atoms with Crippen molar-refractivity contribution in [3.63, 3.8) is 0 Å². The molecule has 1 aromatic carbocycles. The van der Waals surface area contributed by atoms with Gasteiger partial charge in [-0.05, 0) is 36.6 Å². The van der Waals surface area contributed by atoms with E-state index in [2.05, 4.69) is 17.9 Å². The SMILES string of the molecule is COC(=O)[C@H](c1ccccc1Cl)N1CCc2sc(C)cc2C1. The summed E-state index contributed by atoms with van der Waals surface area (Å²) in [5, 5.41) is 0.602. The Kier molecular flexibility index (Phi) is 4.52. The van der Waals surface area contributed by atoms with Gasteiger partial charge in [0.15, 0.2) is 0 Å². The number of ether oxygens (including phenoxy) is 1. The number of carbonyl (C=O) groups is 1. The molecule has 0 bridgehead atoms. The van der Waals surface area contributed by atoms with Crippen molar-refractivity contribution in [2.24, 2.45) is 0 Å². The first-order valence-corrected chi connectivity index (χ1v) is 8.44. The normalized spacial score (nSPS) is 16.1. The lowest BCUT2D eigenvalue weighted by Gasteiger charge is -2.33. The molecule has 5 heteroatoms. The minimum atomic E-state index is -0.452. The van der Waals surface area contributed by atoms with Crippen LogP contribution in [0.4, 0.5) is 0 Å². The van der Waals surface area contributed by atoms with Gasteiger partial charge in [0.25, 0.3) is 0 Å². The van der Waals surface area contributed by atoms with Gasteiger partial charge in [-0.1, -0.05) is 29.8 Å². The molecule has 2 heterocycles. The maximum atomic E-state index is 12.4. The third kappa shape index (κ3) is 2.91. The van der Waals surface area contributed by atoms with Gasteiger partial charge in [0.1, 0.15) is 6.04 Å². The van der Waals surface area contributed by atoms with Crippen LogP contribution in [0.25, 0.3) is 0 Å². The highest BCUT2D eigenvalue weighted by atomic mass is 35.5. The minimum absolute atomic E-state index is 0.261. The summed E-state index contributed by atoms with van der Waals surface area (Å²) in [4.78, 5) is 17.3. The molecule has 0 unspecified atom stereocenters. The van der Waals surface area contributed by atoms with Crippen LogP contribution in [-0.4, -0.2) is 24.5 Å². The molecule has 116 valence electrons. The van der Waals surface area contributed by atoms with Crippen molar-refractivity contribution < 1.29 is 9.53 Å². The number of esters is 1. The molecule has 1 atom stereocenters. The van der Waals surface area contributed by atoms with Crippen LogP contribution in [0.2, 0.25) is 5.02 Å². The second kappa shape index (κ2) is 6.41. The average molecular weight is 336 g/mol. The number of hydrogen-bond acceptors (Lipinski definition) is 4. The van der Waals surface area contributed by atoms with E-state index in [1.807, 2.05) is 35.6 Å². The zero-order valence-electron chi connectivity index (χ0n) is 12.6. The highest BCUT2D eigenvalue weighted by Gasteiger charge is 2.32. The Balaban J connectivity index is 1.94. The fraction of sp³-hybridized carbons (Fsp3) is 0.353. The van der Waals surface area contributed by atoms with E-state index < -0.39 is 6.04 Å². The number of fused-ring (bicyclic) bond motifs is 1. The van der Waals surface area contributed by atoms with Crippen LogP contribution in [-0.2, 0) is 22.5 Å². The zero-order chi connectivity index (χ0) is 15.7. The molecule has 0 radical (unpaired) electrons. The van der Waals surface area contributed by atoms with Crippen molar-refractivity contribution in [1.82, 2.24) is 4.90 Å². The molecule has 2 aromatic rings. The number of hydrogen-bond donors (Lipinski definition) is 0. The monoisotopic (exact) mass is 335 g/mol. The molecule has 0 saturated carbocycles. The van der Waals surface area contributed by atoms with E-state index in [1.54, 1.807) is 0 Å². The van der Waals surface area contributed by atoms with Gasteiger partial charge >= 0.3 is 5.97 Å². The van der Waals surface area contributed by atoms with Crippen molar-refractivity contribution in [3.8, 4) is 0 Å². The van der Waals surface area contributed by atoms with Gasteiger partial charge in [-0.25, -0.2) is 4.79 Å². The molecule has 0 spiro atoms. The Morgan fingerprint density at radius 1 is 1.41 bits per heavy atom. The van der Waals surface area contributed by atoms with Crippen molar-refractivity contribution in [3.05, 3.63) is 56.2 Å². The van der Waals surface area contributed by atoms with Crippen molar-refractivity contribution >= 4 is 28.9 Å². The summed E-state index contributed by atoms with van der Waals surface area (Å²) in [6.07, 6.45) is 0.964. The smallest absolute Gasteiger partial charge is 0.327 e. The molecule has 0 amide bonds. The Labute approximate surface area is 139 Å². The van der Waals surface area contributed by atoms with E-state index >= 15 is 0 Å². The first-order chi connectivity index (χ1) is 10.6. The first kappa shape index (κ1) is 15.5. The highest BCUT2D eigenvalue weighted by molar-refractivity contribution is 7.12. The Morgan fingerprint density at radius 3 is 2.91 bits per heavy atom. The molecule has 3 nitrogen and oxygen atoms in total. The molecule has 1 aliphatic rings. The summed E-state index contributed by atoms with van der Waals surface area (Å²) >= 11 is 8.16. The molecule has 0 fully saturated rings. The van der Waals surface area contributed by atoms with E-state index in [1.165, 1.54) is 22.4 Å². The molecule has 0 N–H and O–H groups in total. The summed E-state index contributed by atoms with van der Waals surface area (Å²) in [6.45, 7) is 3.71. The fourth-order valence-electron chi connectivity index (χ4n) is 3.01. The molecular formula is C17H18ClNO2S. The number of halogens is 1. The molecule has 1 aromatic heterocycles. The minimum Gasteiger partial charge on any atom is -0.468 e. The predicted molar refractivity (Wildman–Crippen MR) is 89.4 cm³/mol. The standard InChI is InChI=1S/C17H18ClNO2S/c1-11-9-12-10-19(8-7-15(12)22-11)16(17(20)21-2)13-5-3-4-6-14(13)18/h3-6,9,16H,7-8,10H2,1-2H3/t16-/m0/s1. The molecular weight excluding hydrogens is 318 g/mol. The van der Waals surface area contributed by atoms with Gasteiger partial charge in [0.2, 0.25) is 0 Å². The van der Waals surface area contributed by atoms with Gasteiger partial charge in [-0.3, -0.25) is 4.90 Å². The molecule has 0 saturated heterocycles. The first-order valence-electron chi connectivity index (χ1n) is 7.24. The lowest BCUT2D eigenvalue weighted by atomic mass is 10.0. The van der Waals surface area contributed by atoms with Crippen molar-refractivity contribution in [2.45, 2.75) is 25.9 Å². The number of methoxy groups -OCH3 is 1. The Bertz CT molecular complexity index is 698. The van der Waals surface area contributed by atoms with Crippen LogP contribution < -0.4 is 0 Å². The molecule has 3 rings (SSSR count). The second-order valence-corrected chi connectivity index (χ2v) is 7.22. The third-order valence-corrected chi connectivity index (χ3v) is 5.51. The topological polar surface area (TPSA) is 29.5 Å². The van der Waals surface area contributed by atoms with Gasteiger partial charge < -0.3 is 4.74 Å². The van der Waals surface area contributed by atoms with Crippen LogP contribution in [0.1, 0.15) is 26.9 Å². The highest BCUT2D eigenvalue weighted by Crippen LogP contribution is 2.34. The van der Waals surface area contributed by atoms with E-state index in [9.17, 15) is 4.79 Å². The van der Waals surface area contributed by atoms with E-state index in [4.69, 9.17) is 16.3 Å². The van der Waals surface area contributed by atoms with Crippen molar-refractivity contribution in [1.29, 1.82) is 0 Å². The number of rotatable bonds is 3. The number of carbonyl (C=O) groups excluding carboxylic acids is 1. The van der Waals surface area contributed by atoms with Crippen LogP contribution in [0.5, 0.6) is 0 Å². The van der Waals surface area contributed by atoms with Crippen LogP contribution in [0.15, 0.2) is 30.3 Å². The van der Waals surface area contributed by atoms with Crippen molar-refractivity contribution in [2.75, 3.05) is 13.7 Å². The summed E-state index contributed by atoms with van der Waals surface area (Å²) in [7, 11) is 1.43. The molecule has 1 aliphatic heterocycles. The Morgan fingerprint density at radius 2 is 2.18 bits per heavy atom. The summed E-state index contributed by atoms with van der Waals surface area (Å²) in [6, 6.07) is 9.26. The second-order valence-electron chi connectivity index (χ2n) is 5.47. The number of benzene rings is 1. The number of nitrogens with zero attached hydrogens (tertiary/aromatic N) is 1. The summed E-state index contributed by atoms with van der Waals surface area (Å²) in [5.74, 6) is -0.261. The summed E-state index contributed by atoms with van der Waals surface area (Å²) < 4.78 is 5.03. The van der Waals surface area contributed by atoms with Crippen LogP contribution in [0, 0.1) is 6.92 Å². The largest absolute Gasteiger partial charge is 0.468 e. The van der Waals surface area contributed by atoms with Crippen LogP contribution in [0.3, 0.4) is 0 Å². The van der Waals surface area contributed by atoms with E-state index in [0.29, 0.717) is 5.02 Å². The fourth-order valence-corrected chi connectivity index (χ4v) is 4.28. The van der Waals surface area contributed by atoms with Gasteiger partial charge in [-0.2, -0.15) is 0 Å². The molecule has 22 heavy (non-hydrogen) atoms. The van der Waals surface area contributed by atoms with Gasteiger partial charge in [-0.15, -0.1) is 11.3 Å². The lowest BCUT2D eigenvalue weighted by molar-refractivity contribution is -0.147. The predicted octanol–water partition coefficient (Wildman–Crippen LogP) is 3.98. The third-order valence-electron chi connectivity index (χ3n) is 4.01. The zero-order valence-corrected chi connectivity index (χ0v) is 14.2. The van der Waals surface area contributed by atoms with Gasteiger partial charge in [0.05, 0.1) is 7.11 Å². The van der Waals surface area contributed by atoms with E-state index in [0.717, 1.165) is 25.1 Å². The van der Waals surface area contributed by atoms with E-state index in [-0.39, 0.29) is 5.97 Å². The average Bonchev–Trinajstić information content (AvgIpc) is 2.88. The Hall–Kier alpha value is -1.36.